The van der Waals surface area contributed by atoms with Crippen LogP contribution in [0.25, 0.3) is 11.1 Å². The zero-order chi connectivity index (χ0) is 28.0. The number of aryl methyl sites for hydroxylation is 1. The van der Waals surface area contributed by atoms with E-state index in [9.17, 15) is 18.0 Å². The summed E-state index contributed by atoms with van der Waals surface area (Å²) in [4.78, 5) is 33.8. The predicted octanol–water partition coefficient (Wildman–Crippen LogP) is 4.66. The Kier molecular flexibility index (Phi) is 9.08. The van der Waals surface area contributed by atoms with Gasteiger partial charge in [0, 0.05) is 0 Å². The zero-order valence-corrected chi connectivity index (χ0v) is 23.8. The van der Waals surface area contributed by atoms with Crippen molar-refractivity contribution in [1.82, 2.24) is 15.2 Å². The SMILES string of the molecule is O=C(c1nc2ccccc2o1)C(CCc1ccccc1)NC(=O)C(CS(=O)(=O)Cc1ccsc1)N1CCCCC1. The summed E-state index contributed by atoms with van der Waals surface area (Å²) >= 11 is 1.44. The third kappa shape index (κ3) is 7.24. The van der Waals surface area contributed by atoms with Crippen molar-refractivity contribution in [3.63, 3.8) is 0 Å². The van der Waals surface area contributed by atoms with Crippen LogP contribution in [0.5, 0.6) is 0 Å². The molecule has 8 nitrogen and oxygen atoms in total. The van der Waals surface area contributed by atoms with Crippen LogP contribution < -0.4 is 5.32 Å². The minimum atomic E-state index is -3.59. The molecule has 1 fully saturated rings. The Morgan fingerprint density at radius 2 is 1.73 bits per heavy atom. The van der Waals surface area contributed by atoms with Crippen molar-refractivity contribution in [2.45, 2.75) is 49.9 Å². The number of oxazole rings is 1. The maximum Gasteiger partial charge on any atom is 0.266 e. The average Bonchev–Trinajstić information content (AvgIpc) is 3.64. The normalized spacial score (nSPS) is 16.0. The number of fused-ring (bicyclic) bond motifs is 1. The second kappa shape index (κ2) is 12.9. The summed E-state index contributed by atoms with van der Waals surface area (Å²) < 4.78 is 32.2. The van der Waals surface area contributed by atoms with Crippen LogP contribution in [0.2, 0.25) is 0 Å². The summed E-state index contributed by atoms with van der Waals surface area (Å²) in [6, 6.07) is 16.8. The topological polar surface area (TPSA) is 110 Å². The number of Topliss-reactive ketones (excluding diaryl/α,β-unsaturated/α-hetero) is 1. The molecule has 2 aromatic carbocycles. The molecule has 1 saturated heterocycles. The van der Waals surface area contributed by atoms with Gasteiger partial charge in [-0.1, -0.05) is 48.9 Å². The standard InChI is InChI=1S/C30H33N3O5S2/c34-28(30-32-24-11-5-6-12-27(24)38-30)25(14-13-22-9-3-1-4-10-22)31-29(35)26(33-16-7-2-8-17-33)21-40(36,37)20-23-15-18-39-19-23/h1,3-6,9-12,15,18-19,25-26H,2,7-8,13-14,16-17,20-21H2,(H,31,35). The van der Waals surface area contributed by atoms with Gasteiger partial charge in [-0.3, -0.25) is 14.5 Å². The van der Waals surface area contributed by atoms with E-state index in [1.165, 1.54) is 11.3 Å². The van der Waals surface area contributed by atoms with Crippen molar-refractivity contribution in [3.8, 4) is 0 Å². The van der Waals surface area contributed by atoms with Gasteiger partial charge in [0.15, 0.2) is 15.4 Å². The number of likely N-dealkylation sites (tertiary alicyclic amines) is 1. The number of hydrogen-bond acceptors (Lipinski definition) is 8. The van der Waals surface area contributed by atoms with Gasteiger partial charge in [-0.25, -0.2) is 13.4 Å². The first-order chi connectivity index (χ1) is 19.4. The fourth-order valence-electron chi connectivity index (χ4n) is 5.12. The van der Waals surface area contributed by atoms with E-state index < -0.39 is 33.6 Å². The van der Waals surface area contributed by atoms with Gasteiger partial charge in [0.05, 0.1) is 17.5 Å². The van der Waals surface area contributed by atoms with Crippen LogP contribution in [0, 0.1) is 0 Å². The molecular formula is C30H33N3O5S2. The number of aromatic nitrogens is 1. The Balaban J connectivity index is 1.39. The Morgan fingerprint density at radius 1 is 0.975 bits per heavy atom. The van der Waals surface area contributed by atoms with E-state index in [4.69, 9.17) is 4.42 Å². The number of sulfone groups is 1. The van der Waals surface area contributed by atoms with Gasteiger partial charge in [-0.15, -0.1) is 0 Å². The number of nitrogens with zero attached hydrogens (tertiary/aromatic N) is 2. The number of benzene rings is 2. The highest BCUT2D eigenvalue weighted by molar-refractivity contribution is 7.90. The van der Waals surface area contributed by atoms with Crippen molar-refractivity contribution in [2.75, 3.05) is 18.8 Å². The molecule has 210 valence electrons. The van der Waals surface area contributed by atoms with Crippen LogP contribution in [0.15, 0.2) is 75.8 Å². The fourth-order valence-corrected chi connectivity index (χ4v) is 7.55. The zero-order valence-electron chi connectivity index (χ0n) is 22.2. The molecule has 1 N–H and O–H groups in total. The van der Waals surface area contributed by atoms with Gasteiger partial charge < -0.3 is 9.73 Å². The third-order valence-corrected chi connectivity index (χ3v) is 9.54. The van der Waals surface area contributed by atoms with Crippen LogP contribution >= 0.6 is 11.3 Å². The van der Waals surface area contributed by atoms with Gasteiger partial charge in [-0.2, -0.15) is 11.3 Å². The highest BCUT2D eigenvalue weighted by atomic mass is 32.2. The molecule has 2 aromatic heterocycles. The Labute approximate surface area is 238 Å². The molecule has 5 rings (SSSR count). The molecule has 0 spiro atoms. The van der Waals surface area contributed by atoms with E-state index in [1.54, 1.807) is 24.3 Å². The molecule has 40 heavy (non-hydrogen) atoms. The molecule has 0 aliphatic carbocycles. The largest absolute Gasteiger partial charge is 0.434 e. The van der Waals surface area contributed by atoms with E-state index in [2.05, 4.69) is 10.3 Å². The lowest BCUT2D eigenvalue weighted by Gasteiger charge is -2.34. The summed E-state index contributed by atoms with van der Waals surface area (Å²) in [7, 11) is -3.59. The second-order valence-corrected chi connectivity index (χ2v) is 13.1. The molecule has 1 amide bonds. The van der Waals surface area contributed by atoms with Gasteiger partial charge in [0.1, 0.15) is 11.6 Å². The molecule has 10 heteroatoms. The first-order valence-corrected chi connectivity index (χ1v) is 16.3. The minimum Gasteiger partial charge on any atom is -0.434 e. The Morgan fingerprint density at radius 3 is 2.45 bits per heavy atom. The number of carbonyl (C=O) groups excluding carboxylic acids is 2. The van der Waals surface area contributed by atoms with E-state index in [1.807, 2.05) is 52.1 Å². The monoisotopic (exact) mass is 579 g/mol. The Bertz CT molecular complexity index is 1490. The molecule has 0 saturated carbocycles. The van der Waals surface area contributed by atoms with Crippen LogP contribution in [0.4, 0.5) is 0 Å². The van der Waals surface area contributed by atoms with Crippen molar-refractivity contribution in [1.29, 1.82) is 0 Å². The number of thiophene rings is 1. The lowest BCUT2D eigenvalue weighted by molar-refractivity contribution is -0.126. The number of carbonyl (C=O) groups is 2. The van der Waals surface area contributed by atoms with E-state index in [0.717, 1.165) is 30.4 Å². The summed E-state index contributed by atoms with van der Waals surface area (Å²) in [5.74, 6) is -1.39. The molecule has 0 radical (unpaired) electrons. The van der Waals surface area contributed by atoms with Crippen LogP contribution in [-0.4, -0.2) is 60.9 Å². The molecule has 4 aromatic rings. The lowest BCUT2D eigenvalue weighted by Crippen LogP contribution is -2.55. The van der Waals surface area contributed by atoms with E-state index in [-0.39, 0.29) is 17.4 Å². The highest BCUT2D eigenvalue weighted by Crippen LogP contribution is 2.20. The fraction of sp³-hybridized carbons (Fsp3) is 0.367. The molecule has 0 bridgehead atoms. The summed E-state index contributed by atoms with van der Waals surface area (Å²) in [5.41, 5.74) is 2.79. The lowest BCUT2D eigenvalue weighted by atomic mass is 10.0. The van der Waals surface area contributed by atoms with Crippen LogP contribution in [0.1, 0.15) is 47.5 Å². The van der Waals surface area contributed by atoms with Crippen molar-refractivity contribution < 1.29 is 22.4 Å². The number of hydrogen-bond donors (Lipinski definition) is 1. The summed E-state index contributed by atoms with van der Waals surface area (Å²) in [5, 5.41) is 6.57. The maximum atomic E-state index is 13.8. The first-order valence-electron chi connectivity index (χ1n) is 13.6. The minimum absolute atomic E-state index is 0.0702. The van der Waals surface area contributed by atoms with Gasteiger partial charge in [-0.05, 0) is 78.9 Å². The molecule has 3 heterocycles. The molecule has 2 unspecified atom stereocenters. The quantitative estimate of drug-likeness (QED) is 0.243. The Hall–Kier alpha value is -3.34. The van der Waals surface area contributed by atoms with Crippen LogP contribution in [0.3, 0.4) is 0 Å². The number of para-hydroxylation sites is 2. The predicted molar refractivity (Wildman–Crippen MR) is 156 cm³/mol. The van der Waals surface area contributed by atoms with Gasteiger partial charge in [0.2, 0.25) is 11.7 Å². The van der Waals surface area contributed by atoms with Crippen molar-refractivity contribution >= 4 is 44.0 Å². The van der Waals surface area contributed by atoms with Gasteiger partial charge >= 0.3 is 0 Å². The number of amides is 1. The summed E-state index contributed by atoms with van der Waals surface area (Å²) in [6.45, 7) is 1.28. The molecule has 1 aliphatic heterocycles. The molecular weight excluding hydrogens is 546 g/mol. The van der Waals surface area contributed by atoms with E-state index in [0.29, 0.717) is 37.0 Å². The van der Waals surface area contributed by atoms with Gasteiger partial charge in [0.25, 0.3) is 5.89 Å². The molecule has 1 aliphatic rings. The van der Waals surface area contributed by atoms with Crippen molar-refractivity contribution in [3.05, 3.63) is 88.4 Å². The van der Waals surface area contributed by atoms with E-state index >= 15 is 0 Å². The smallest absolute Gasteiger partial charge is 0.266 e. The number of rotatable bonds is 12. The second-order valence-electron chi connectivity index (χ2n) is 10.2. The molecule has 2 atom stereocenters. The first kappa shape index (κ1) is 28.2. The van der Waals surface area contributed by atoms with Crippen LogP contribution in [-0.2, 0) is 26.8 Å². The third-order valence-electron chi connectivity index (χ3n) is 7.21. The van der Waals surface area contributed by atoms with Crippen molar-refractivity contribution in [2.24, 2.45) is 0 Å². The highest BCUT2D eigenvalue weighted by Gasteiger charge is 2.35. The summed E-state index contributed by atoms with van der Waals surface area (Å²) in [6.07, 6.45) is 3.70. The maximum absolute atomic E-state index is 13.8. The average molecular weight is 580 g/mol. The number of nitrogens with one attached hydrogen (secondary N) is 1. The number of ketones is 1. The number of piperidine rings is 1.